The van der Waals surface area contributed by atoms with Crippen LogP contribution in [0.15, 0.2) is 24.3 Å². The number of hydrogen-bond acceptors (Lipinski definition) is 7. The lowest BCUT2D eigenvalue weighted by Gasteiger charge is -2.52. The van der Waals surface area contributed by atoms with Gasteiger partial charge in [0.2, 0.25) is 11.8 Å². The largest absolute Gasteiger partial charge is 0.481 e. The van der Waals surface area contributed by atoms with E-state index in [1.807, 2.05) is 0 Å². The molecule has 1 saturated heterocycles. The van der Waals surface area contributed by atoms with Crippen molar-refractivity contribution in [2.45, 2.75) is 45.2 Å². The van der Waals surface area contributed by atoms with Crippen LogP contribution in [0.1, 0.15) is 54.3 Å². The number of likely N-dealkylation sites (N-methyl/N-ethyl adjacent to an activating group) is 1. The molecule has 0 aliphatic carbocycles. The van der Waals surface area contributed by atoms with Crippen LogP contribution >= 0.6 is 0 Å². The predicted molar refractivity (Wildman–Crippen MR) is 123 cm³/mol. The molecule has 3 rings (SSSR count). The van der Waals surface area contributed by atoms with E-state index in [9.17, 15) is 33.9 Å². The fourth-order valence-corrected chi connectivity index (χ4v) is 5.76. The van der Waals surface area contributed by atoms with Crippen LogP contribution in [0.5, 0.6) is 0 Å². The van der Waals surface area contributed by atoms with Crippen LogP contribution in [-0.4, -0.2) is 87.5 Å². The van der Waals surface area contributed by atoms with E-state index in [4.69, 9.17) is 5.73 Å². The van der Waals surface area contributed by atoms with E-state index >= 15 is 0 Å². The van der Waals surface area contributed by atoms with Crippen molar-refractivity contribution in [3.8, 4) is 0 Å². The Labute approximate surface area is 202 Å². The van der Waals surface area contributed by atoms with Crippen LogP contribution in [0.25, 0.3) is 0 Å². The second-order valence-corrected chi connectivity index (χ2v) is 9.87. The van der Waals surface area contributed by atoms with Crippen molar-refractivity contribution in [3.63, 3.8) is 0 Å². The molecule has 2 heterocycles. The fraction of sp³-hybridized carbons (Fsp3) is 0.500. The number of carboxylic acid groups (broad SMARTS) is 1. The summed E-state index contributed by atoms with van der Waals surface area (Å²) < 4.78 is 0. The average Bonchev–Trinajstić information content (AvgIpc) is 3.01. The molecule has 0 spiro atoms. The first-order chi connectivity index (χ1) is 16.2. The summed E-state index contributed by atoms with van der Waals surface area (Å²) in [5, 5.41) is 9.75. The topological polar surface area (TPSA) is 158 Å². The Morgan fingerprint density at radius 1 is 1.11 bits per heavy atom. The Bertz CT molecular complexity index is 1090. The molecule has 2 aliphatic rings. The Morgan fingerprint density at radius 3 is 2.06 bits per heavy atom. The first-order valence-electron chi connectivity index (χ1n) is 11.2. The van der Waals surface area contributed by atoms with Crippen molar-refractivity contribution in [2.75, 3.05) is 20.6 Å². The molecular weight excluding hydrogens is 456 g/mol. The minimum absolute atomic E-state index is 0.0275. The zero-order valence-electron chi connectivity index (χ0n) is 20.4. The summed E-state index contributed by atoms with van der Waals surface area (Å²) in [6.07, 6.45) is -0.139. The Kier molecular flexibility index (Phi) is 6.60. The lowest BCUT2D eigenvalue weighted by atomic mass is 9.63. The summed E-state index contributed by atoms with van der Waals surface area (Å²) in [5.41, 5.74) is 3.02. The van der Waals surface area contributed by atoms with E-state index in [-0.39, 0.29) is 30.5 Å². The molecule has 11 nitrogen and oxygen atoms in total. The van der Waals surface area contributed by atoms with Gasteiger partial charge in [-0.05, 0) is 39.6 Å². The number of primary amides is 1. The smallest absolute Gasteiger partial charge is 0.308 e. The molecule has 1 unspecified atom stereocenters. The molecule has 1 aromatic carbocycles. The normalized spacial score (nSPS) is 21.3. The summed E-state index contributed by atoms with van der Waals surface area (Å²) in [6.45, 7) is 4.12. The number of imide groups is 2. The molecule has 188 valence electrons. The highest BCUT2D eigenvalue weighted by atomic mass is 16.4. The molecule has 2 aliphatic heterocycles. The molecule has 0 saturated carbocycles. The SMILES string of the molecule is CC(C(=O)O)[C@](C(N)=O)(N(C)C)C(C)(C)CN1C(=O)CC[C@H](N2C(=O)c3ccccc3C2=O)C1=O. The Morgan fingerprint density at radius 2 is 1.63 bits per heavy atom. The van der Waals surface area contributed by atoms with E-state index < -0.39 is 58.4 Å². The fourth-order valence-electron chi connectivity index (χ4n) is 5.76. The summed E-state index contributed by atoms with van der Waals surface area (Å²) in [7, 11) is 3.01. The monoisotopic (exact) mass is 486 g/mol. The van der Waals surface area contributed by atoms with Crippen LogP contribution in [0, 0.1) is 11.3 Å². The van der Waals surface area contributed by atoms with Gasteiger partial charge in [-0.2, -0.15) is 0 Å². The van der Waals surface area contributed by atoms with E-state index in [2.05, 4.69) is 0 Å². The summed E-state index contributed by atoms with van der Waals surface area (Å²) >= 11 is 0. The number of amides is 5. The number of benzene rings is 1. The maximum atomic E-state index is 13.5. The summed E-state index contributed by atoms with van der Waals surface area (Å²) in [5.74, 6) is -6.01. The minimum Gasteiger partial charge on any atom is -0.481 e. The highest BCUT2D eigenvalue weighted by Gasteiger charge is 2.59. The quantitative estimate of drug-likeness (QED) is 0.498. The first-order valence-corrected chi connectivity index (χ1v) is 11.2. The van der Waals surface area contributed by atoms with E-state index in [1.165, 1.54) is 38.1 Å². The average molecular weight is 487 g/mol. The van der Waals surface area contributed by atoms with E-state index in [0.29, 0.717) is 0 Å². The number of likely N-dealkylation sites (tertiary alicyclic amines) is 1. The third kappa shape index (κ3) is 3.79. The van der Waals surface area contributed by atoms with Gasteiger partial charge in [0.1, 0.15) is 11.6 Å². The number of fused-ring (bicyclic) bond motifs is 1. The number of nitrogens with zero attached hydrogens (tertiary/aromatic N) is 3. The molecule has 35 heavy (non-hydrogen) atoms. The molecule has 11 heteroatoms. The number of hydrogen-bond donors (Lipinski definition) is 2. The van der Waals surface area contributed by atoms with Gasteiger partial charge < -0.3 is 10.8 Å². The van der Waals surface area contributed by atoms with Crippen molar-refractivity contribution in [1.82, 2.24) is 14.7 Å². The van der Waals surface area contributed by atoms with Crippen LogP contribution in [0.2, 0.25) is 0 Å². The zero-order valence-corrected chi connectivity index (χ0v) is 20.4. The molecule has 0 radical (unpaired) electrons. The second-order valence-electron chi connectivity index (χ2n) is 9.87. The maximum absolute atomic E-state index is 13.5. The number of rotatable bonds is 8. The number of carbonyl (C=O) groups excluding carboxylic acids is 5. The second kappa shape index (κ2) is 8.88. The number of carbonyl (C=O) groups is 6. The van der Waals surface area contributed by atoms with Crippen molar-refractivity contribution in [1.29, 1.82) is 0 Å². The van der Waals surface area contributed by atoms with Crippen molar-refractivity contribution < 1.29 is 33.9 Å². The van der Waals surface area contributed by atoms with Crippen LogP contribution < -0.4 is 5.73 Å². The molecule has 3 N–H and O–H groups in total. The van der Waals surface area contributed by atoms with Crippen molar-refractivity contribution in [3.05, 3.63) is 35.4 Å². The molecule has 0 bridgehead atoms. The van der Waals surface area contributed by atoms with Gasteiger partial charge in [0, 0.05) is 18.4 Å². The standard InChI is InChI=1S/C24H30N4O7/c1-13(21(33)34)24(22(25)35,26(4)5)23(2,3)12-27-17(29)11-10-16(20(27)32)28-18(30)14-8-6-7-9-15(14)19(28)31/h6-9,13,16H,10-12H2,1-5H3,(H2,25,35)(H,33,34)/t13?,16-,24+/m0/s1. The van der Waals surface area contributed by atoms with Gasteiger partial charge in [0.15, 0.2) is 0 Å². The lowest BCUT2D eigenvalue weighted by molar-refractivity contribution is -0.166. The van der Waals surface area contributed by atoms with Crippen molar-refractivity contribution >= 4 is 35.5 Å². The Balaban J connectivity index is 1.99. The Hall–Kier alpha value is -3.60. The van der Waals surface area contributed by atoms with E-state index in [1.54, 1.807) is 26.0 Å². The molecule has 3 atom stereocenters. The summed E-state index contributed by atoms with van der Waals surface area (Å²) in [6, 6.07) is 5.03. The van der Waals surface area contributed by atoms with Gasteiger partial charge in [-0.1, -0.05) is 26.0 Å². The molecule has 1 fully saturated rings. The van der Waals surface area contributed by atoms with Crippen LogP contribution in [0.3, 0.4) is 0 Å². The summed E-state index contributed by atoms with van der Waals surface area (Å²) in [4.78, 5) is 80.2. The van der Waals surface area contributed by atoms with Gasteiger partial charge in [-0.3, -0.25) is 43.5 Å². The van der Waals surface area contributed by atoms with E-state index in [0.717, 1.165) is 9.80 Å². The van der Waals surface area contributed by atoms with Crippen LogP contribution in [0.4, 0.5) is 0 Å². The molecule has 1 aromatic rings. The van der Waals surface area contributed by atoms with Gasteiger partial charge in [-0.15, -0.1) is 0 Å². The zero-order chi connectivity index (χ0) is 26.5. The molecule has 5 amide bonds. The van der Waals surface area contributed by atoms with Gasteiger partial charge in [0.25, 0.3) is 17.7 Å². The lowest BCUT2D eigenvalue weighted by Crippen LogP contribution is -2.71. The third-order valence-electron chi connectivity index (χ3n) is 7.28. The van der Waals surface area contributed by atoms with Gasteiger partial charge >= 0.3 is 5.97 Å². The highest BCUT2D eigenvalue weighted by molar-refractivity contribution is 6.23. The van der Waals surface area contributed by atoms with Gasteiger partial charge in [-0.25, -0.2) is 0 Å². The number of piperidine rings is 1. The number of nitrogens with two attached hydrogens (primary N) is 1. The van der Waals surface area contributed by atoms with Crippen LogP contribution in [-0.2, 0) is 19.2 Å². The molecule has 0 aromatic heterocycles. The number of aliphatic carboxylic acids is 1. The van der Waals surface area contributed by atoms with Crippen molar-refractivity contribution in [2.24, 2.45) is 17.1 Å². The predicted octanol–water partition coefficient (Wildman–Crippen LogP) is 0.333. The van der Waals surface area contributed by atoms with Gasteiger partial charge in [0.05, 0.1) is 17.0 Å². The number of carboxylic acids is 1. The highest BCUT2D eigenvalue weighted by Crippen LogP contribution is 2.42. The first kappa shape index (κ1) is 26.0. The maximum Gasteiger partial charge on any atom is 0.308 e. The molecular formula is C24H30N4O7. The third-order valence-corrected chi connectivity index (χ3v) is 7.28. The minimum atomic E-state index is -1.78.